The minimum atomic E-state index is 0.939. The summed E-state index contributed by atoms with van der Waals surface area (Å²) in [5.41, 5.74) is 2.06. The van der Waals surface area contributed by atoms with Crippen LogP contribution in [0, 0.1) is 0 Å². The Morgan fingerprint density at radius 3 is 2.63 bits per heavy atom. The fourth-order valence-corrected chi connectivity index (χ4v) is 2.63. The van der Waals surface area contributed by atoms with Crippen LogP contribution in [0.4, 0.5) is 0 Å². The molecule has 2 heterocycles. The normalized spacial score (nSPS) is 16.6. The zero-order valence-electron chi connectivity index (χ0n) is 11.2. The molecular weight excluding hydrogens is 236 g/mol. The highest BCUT2D eigenvalue weighted by Gasteiger charge is 2.12. The molecule has 3 nitrogen and oxygen atoms in total. The number of hydrogen-bond donors (Lipinski definition) is 0. The topological polar surface area (TPSA) is 29.3 Å². The van der Waals surface area contributed by atoms with Gasteiger partial charge in [-0.25, -0.2) is 0 Å². The SMILES string of the molecule is c1ccc(-c2cc(CCN3CCCCC3)on2)cc1. The number of likely N-dealkylation sites (tertiary alicyclic amines) is 1. The third-order valence-electron chi connectivity index (χ3n) is 3.75. The Hall–Kier alpha value is -1.61. The number of nitrogens with zero attached hydrogens (tertiary/aromatic N) is 2. The fourth-order valence-electron chi connectivity index (χ4n) is 2.63. The standard InChI is InChI=1S/C16H20N2O/c1-3-7-14(8-4-1)16-13-15(19-17-16)9-12-18-10-5-2-6-11-18/h1,3-4,7-8,13H,2,5-6,9-12H2. The maximum Gasteiger partial charge on any atom is 0.138 e. The van der Waals surface area contributed by atoms with Gasteiger partial charge >= 0.3 is 0 Å². The largest absolute Gasteiger partial charge is 0.361 e. The van der Waals surface area contributed by atoms with Crippen LogP contribution in [0.1, 0.15) is 25.0 Å². The first kappa shape index (κ1) is 12.4. The number of aromatic nitrogens is 1. The lowest BCUT2D eigenvalue weighted by Gasteiger charge is -2.25. The van der Waals surface area contributed by atoms with Crippen molar-refractivity contribution in [2.24, 2.45) is 0 Å². The molecule has 0 N–H and O–H groups in total. The van der Waals surface area contributed by atoms with E-state index in [1.807, 2.05) is 18.2 Å². The molecule has 1 fully saturated rings. The second kappa shape index (κ2) is 6.02. The summed E-state index contributed by atoms with van der Waals surface area (Å²) in [6.45, 7) is 3.56. The molecule has 100 valence electrons. The molecule has 1 aromatic heterocycles. The van der Waals surface area contributed by atoms with Crippen molar-refractivity contribution in [3.8, 4) is 11.3 Å². The van der Waals surface area contributed by atoms with Crippen molar-refractivity contribution in [1.29, 1.82) is 0 Å². The van der Waals surface area contributed by atoms with Crippen molar-refractivity contribution in [3.05, 3.63) is 42.2 Å². The average Bonchev–Trinajstić information content (AvgIpc) is 2.96. The van der Waals surface area contributed by atoms with Gasteiger partial charge in [0.05, 0.1) is 0 Å². The van der Waals surface area contributed by atoms with Gasteiger partial charge in [0.15, 0.2) is 0 Å². The third kappa shape index (κ3) is 3.24. The highest BCUT2D eigenvalue weighted by Crippen LogP contribution is 2.19. The van der Waals surface area contributed by atoms with Gasteiger partial charge in [0.25, 0.3) is 0 Å². The van der Waals surface area contributed by atoms with E-state index in [2.05, 4.69) is 28.3 Å². The van der Waals surface area contributed by atoms with Crippen LogP contribution < -0.4 is 0 Å². The molecule has 0 amide bonds. The van der Waals surface area contributed by atoms with E-state index in [0.717, 1.165) is 30.0 Å². The lowest BCUT2D eigenvalue weighted by molar-refractivity contribution is 0.224. The van der Waals surface area contributed by atoms with Crippen molar-refractivity contribution >= 4 is 0 Å². The van der Waals surface area contributed by atoms with Crippen molar-refractivity contribution in [1.82, 2.24) is 10.1 Å². The summed E-state index contributed by atoms with van der Waals surface area (Å²) in [6.07, 6.45) is 5.02. The van der Waals surface area contributed by atoms with Gasteiger partial charge in [0.1, 0.15) is 11.5 Å². The molecule has 3 rings (SSSR count). The van der Waals surface area contributed by atoms with Gasteiger partial charge < -0.3 is 9.42 Å². The van der Waals surface area contributed by atoms with E-state index in [0.29, 0.717) is 0 Å². The number of hydrogen-bond acceptors (Lipinski definition) is 3. The number of benzene rings is 1. The van der Waals surface area contributed by atoms with Gasteiger partial charge in [-0.1, -0.05) is 41.9 Å². The predicted molar refractivity (Wildman–Crippen MR) is 75.9 cm³/mol. The molecule has 1 saturated heterocycles. The molecule has 1 aromatic carbocycles. The molecule has 19 heavy (non-hydrogen) atoms. The van der Waals surface area contributed by atoms with E-state index in [4.69, 9.17) is 4.52 Å². The van der Waals surface area contributed by atoms with Gasteiger partial charge in [-0.2, -0.15) is 0 Å². The maximum atomic E-state index is 5.43. The lowest BCUT2D eigenvalue weighted by Crippen LogP contribution is -2.31. The summed E-state index contributed by atoms with van der Waals surface area (Å²) < 4.78 is 5.43. The Bertz CT molecular complexity index is 500. The van der Waals surface area contributed by atoms with E-state index < -0.39 is 0 Å². The Kier molecular flexibility index (Phi) is 3.94. The minimum Gasteiger partial charge on any atom is -0.361 e. The van der Waals surface area contributed by atoms with E-state index in [1.165, 1.54) is 32.4 Å². The van der Waals surface area contributed by atoms with Gasteiger partial charge in [-0.05, 0) is 25.9 Å². The van der Waals surface area contributed by atoms with Crippen LogP contribution in [0.15, 0.2) is 40.9 Å². The number of rotatable bonds is 4. The summed E-state index contributed by atoms with van der Waals surface area (Å²) in [5, 5.41) is 4.16. The highest BCUT2D eigenvalue weighted by atomic mass is 16.5. The van der Waals surface area contributed by atoms with Gasteiger partial charge in [-0.15, -0.1) is 0 Å². The van der Waals surface area contributed by atoms with Crippen molar-refractivity contribution in [2.75, 3.05) is 19.6 Å². The van der Waals surface area contributed by atoms with Crippen molar-refractivity contribution in [2.45, 2.75) is 25.7 Å². The second-order valence-electron chi connectivity index (χ2n) is 5.20. The molecule has 1 aliphatic heterocycles. The summed E-state index contributed by atoms with van der Waals surface area (Å²) >= 11 is 0. The molecule has 0 bridgehead atoms. The molecule has 0 saturated carbocycles. The maximum absolute atomic E-state index is 5.43. The smallest absolute Gasteiger partial charge is 0.138 e. The fraction of sp³-hybridized carbons (Fsp3) is 0.438. The third-order valence-corrected chi connectivity index (χ3v) is 3.75. The second-order valence-corrected chi connectivity index (χ2v) is 5.20. The molecular formula is C16H20N2O. The van der Waals surface area contributed by atoms with Crippen LogP contribution in [0.25, 0.3) is 11.3 Å². The van der Waals surface area contributed by atoms with Crippen LogP contribution >= 0.6 is 0 Å². The van der Waals surface area contributed by atoms with Crippen LogP contribution in [0.2, 0.25) is 0 Å². The molecule has 0 radical (unpaired) electrons. The van der Waals surface area contributed by atoms with Crippen molar-refractivity contribution < 1.29 is 4.52 Å². The van der Waals surface area contributed by atoms with E-state index in [-0.39, 0.29) is 0 Å². The average molecular weight is 256 g/mol. The van der Waals surface area contributed by atoms with Crippen LogP contribution in [-0.2, 0) is 6.42 Å². The monoisotopic (exact) mass is 256 g/mol. The molecule has 0 aliphatic carbocycles. The molecule has 0 spiro atoms. The van der Waals surface area contributed by atoms with Crippen LogP contribution in [0.5, 0.6) is 0 Å². The Morgan fingerprint density at radius 1 is 1.05 bits per heavy atom. The van der Waals surface area contributed by atoms with E-state index >= 15 is 0 Å². The van der Waals surface area contributed by atoms with E-state index in [9.17, 15) is 0 Å². The molecule has 1 aliphatic rings. The first-order valence-corrected chi connectivity index (χ1v) is 7.15. The Labute approximate surface area is 114 Å². The Balaban J connectivity index is 1.59. The molecule has 3 heteroatoms. The highest BCUT2D eigenvalue weighted by molar-refractivity contribution is 5.58. The summed E-state index contributed by atoms with van der Waals surface area (Å²) in [6, 6.07) is 12.3. The van der Waals surface area contributed by atoms with Gasteiger partial charge in [0.2, 0.25) is 0 Å². The summed E-state index contributed by atoms with van der Waals surface area (Å²) in [7, 11) is 0. The minimum absolute atomic E-state index is 0.939. The van der Waals surface area contributed by atoms with Crippen LogP contribution in [0.3, 0.4) is 0 Å². The predicted octanol–water partition coefficient (Wildman–Crippen LogP) is 3.37. The number of piperidine rings is 1. The summed E-state index contributed by atoms with van der Waals surface area (Å²) in [5.74, 6) is 0.990. The van der Waals surface area contributed by atoms with Gasteiger partial charge in [-0.3, -0.25) is 0 Å². The molecule has 0 unspecified atom stereocenters. The van der Waals surface area contributed by atoms with Crippen LogP contribution in [-0.4, -0.2) is 29.7 Å². The summed E-state index contributed by atoms with van der Waals surface area (Å²) in [4.78, 5) is 2.52. The molecule has 2 aromatic rings. The first-order chi connectivity index (χ1) is 9.42. The van der Waals surface area contributed by atoms with Gasteiger partial charge in [0, 0.05) is 24.6 Å². The molecule has 0 atom stereocenters. The zero-order valence-corrected chi connectivity index (χ0v) is 11.2. The van der Waals surface area contributed by atoms with Crippen molar-refractivity contribution in [3.63, 3.8) is 0 Å². The quantitative estimate of drug-likeness (QED) is 0.840. The Morgan fingerprint density at radius 2 is 1.84 bits per heavy atom. The van der Waals surface area contributed by atoms with E-state index in [1.54, 1.807) is 0 Å². The zero-order chi connectivity index (χ0) is 12.9. The lowest BCUT2D eigenvalue weighted by atomic mass is 10.1. The first-order valence-electron chi connectivity index (χ1n) is 7.15.